The molecule has 3 nitrogen and oxygen atoms in total. The molecule has 2 heterocycles. The van der Waals surface area contributed by atoms with Gasteiger partial charge < -0.3 is 4.74 Å². The van der Waals surface area contributed by atoms with Crippen LogP contribution < -0.4 is 0 Å². The fraction of sp³-hybridized carbons (Fsp3) is 0.909. The molecule has 0 aromatic rings. The van der Waals surface area contributed by atoms with Crippen molar-refractivity contribution in [3.05, 3.63) is 0 Å². The van der Waals surface area contributed by atoms with Crippen molar-refractivity contribution >= 4 is 5.97 Å². The van der Waals surface area contributed by atoms with E-state index in [1.807, 2.05) is 6.92 Å². The maximum Gasteiger partial charge on any atom is 0.320 e. The lowest BCUT2D eigenvalue weighted by molar-refractivity contribution is -0.145. The molecule has 2 saturated heterocycles. The number of carbonyl (C=O) groups excluding carboxylic acids is 1. The van der Waals surface area contributed by atoms with Crippen LogP contribution in [0.2, 0.25) is 0 Å². The van der Waals surface area contributed by atoms with E-state index >= 15 is 0 Å². The van der Waals surface area contributed by atoms with Crippen LogP contribution in [0.25, 0.3) is 0 Å². The minimum Gasteiger partial charge on any atom is -0.465 e. The Labute approximate surface area is 85.4 Å². The fourth-order valence-corrected chi connectivity index (χ4v) is 2.84. The fourth-order valence-electron chi connectivity index (χ4n) is 2.84. The first-order valence-corrected chi connectivity index (χ1v) is 5.72. The van der Waals surface area contributed by atoms with Crippen LogP contribution >= 0.6 is 0 Å². The molecular weight excluding hydrogens is 178 g/mol. The van der Waals surface area contributed by atoms with Gasteiger partial charge >= 0.3 is 5.97 Å². The first-order chi connectivity index (χ1) is 6.81. The van der Waals surface area contributed by atoms with Gasteiger partial charge in [0.2, 0.25) is 0 Å². The van der Waals surface area contributed by atoms with Gasteiger partial charge in [0.15, 0.2) is 0 Å². The second-order valence-electron chi connectivity index (χ2n) is 4.29. The number of esters is 1. The first kappa shape index (κ1) is 9.97. The molecule has 0 unspecified atom stereocenters. The summed E-state index contributed by atoms with van der Waals surface area (Å²) in [4.78, 5) is 13.7. The monoisotopic (exact) mass is 197 g/mol. The molecule has 2 rings (SSSR count). The number of carbonyl (C=O) groups is 1. The predicted octanol–water partition coefficient (Wildman–Crippen LogP) is 1.57. The molecular formula is C11H19NO2. The molecule has 2 aliphatic rings. The molecule has 0 saturated carbocycles. The van der Waals surface area contributed by atoms with E-state index in [1.54, 1.807) is 0 Å². The summed E-state index contributed by atoms with van der Waals surface area (Å²) in [5.41, 5.74) is 0. The van der Waals surface area contributed by atoms with Gasteiger partial charge in [-0.3, -0.25) is 9.69 Å². The Balaban J connectivity index is 1.88. The van der Waals surface area contributed by atoms with Crippen LogP contribution in [0.5, 0.6) is 0 Å². The molecule has 3 heteroatoms. The Kier molecular flexibility index (Phi) is 3.06. The van der Waals surface area contributed by atoms with Crippen LogP contribution in [0.4, 0.5) is 0 Å². The summed E-state index contributed by atoms with van der Waals surface area (Å²) in [6.07, 6.45) is 6.45. The molecule has 0 radical (unpaired) electrons. The minimum absolute atomic E-state index is 0.0497. The Morgan fingerprint density at radius 3 is 2.50 bits per heavy atom. The first-order valence-electron chi connectivity index (χ1n) is 5.72. The van der Waals surface area contributed by atoms with Crippen molar-refractivity contribution in [1.82, 2.24) is 4.90 Å². The van der Waals surface area contributed by atoms with E-state index in [0.717, 1.165) is 0 Å². The van der Waals surface area contributed by atoms with E-state index in [4.69, 9.17) is 4.74 Å². The van der Waals surface area contributed by atoms with Crippen molar-refractivity contribution in [1.29, 1.82) is 0 Å². The largest absolute Gasteiger partial charge is 0.465 e. The number of ether oxygens (including phenoxy) is 1. The Bertz CT molecular complexity index is 201. The number of hydrogen-bond donors (Lipinski definition) is 0. The van der Waals surface area contributed by atoms with E-state index in [0.29, 0.717) is 25.2 Å². The standard InChI is InChI=1S/C11H19NO2/c1-2-14-11(13)8-12-9-4-3-5-10(12)7-6-9/h9-10H,2-8H2,1H3/t9-,10+. The summed E-state index contributed by atoms with van der Waals surface area (Å²) >= 11 is 0. The minimum atomic E-state index is -0.0497. The molecule has 2 aliphatic heterocycles. The maximum atomic E-state index is 11.4. The van der Waals surface area contributed by atoms with Crippen LogP contribution in [0, 0.1) is 0 Å². The van der Waals surface area contributed by atoms with Crippen molar-refractivity contribution in [2.24, 2.45) is 0 Å². The molecule has 0 aliphatic carbocycles. The summed E-state index contributed by atoms with van der Waals surface area (Å²) in [5.74, 6) is -0.0497. The zero-order chi connectivity index (χ0) is 9.97. The zero-order valence-corrected chi connectivity index (χ0v) is 8.87. The zero-order valence-electron chi connectivity index (χ0n) is 8.87. The predicted molar refractivity (Wildman–Crippen MR) is 54.0 cm³/mol. The Morgan fingerprint density at radius 1 is 1.29 bits per heavy atom. The average Bonchev–Trinajstić information content (AvgIpc) is 2.41. The van der Waals surface area contributed by atoms with Crippen LogP contribution in [-0.2, 0) is 9.53 Å². The topological polar surface area (TPSA) is 29.5 Å². The number of rotatable bonds is 3. The number of hydrogen-bond acceptors (Lipinski definition) is 3. The Hall–Kier alpha value is -0.570. The lowest BCUT2D eigenvalue weighted by Gasteiger charge is -2.33. The summed E-state index contributed by atoms with van der Waals surface area (Å²) in [6, 6.07) is 1.33. The van der Waals surface area contributed by atoms with E-state index in [9.17, 15) is 4.79 Å². The highest BCUT2D eigenvalue weighted by Gasteiger charge is 2.37. The van der Waals surface area contributed by atoms with E-state index in [2.05, 4.69) is 4.90 Å². The summed E-state index contributed by atoms with van der Waals surface area (Å²) in [7, 11) is 0. The van der Waals surface area contributed by atoms with E-state index in [-0.39, 0.29) is 5.97 Å². The SMILES string of the molecule is CCOC(=O)CN1[C@@H]2CCC[C@H]1CC2. The normalized spacial score (nSPS) is 31.8. The van der Waals surface area contributed by atoms with E-state index < -0.39 is 0 Å². The van der Waals surface area contributed by atoms with Crippen LogP contribution in [0.3, 0.4) is 0 Å². The highest BCUT2D eigenvalue weighted by Crippen LogP contribution is 2.34. The van der Waals surface area contributed by atoms with Crippen molar-refractivity contribution in [2.45, 2.75) is 51.1 Å². The molecule has 80 valence electrons. The van der Waals surface area contributed by atoms with Crippen molar-refractivity contribution in [3.63, 3.8) is 0 Å². The molecule has 0 amide bonds. The van der Waals surface area contributed by atoms with Gasteiger partial charge in [-0.2, -0.15) is 0 Å². The molecule has 2 atom stereocenters. The van der Waals surface area contributed by atoms with Gasteiger partial charge in [0.05, 0.1) is 13.2 Å². The lowest BCUT2D eigenvalue weighted by atomic mass is 10.0. The van der Waals surface area contributed by atoms with Crippen LogP contribution in [0.15, 0.2) is 0 Å². The van der Waals surface area contributed by atoms with Gasteiger partial charge in [-0.05, 0) is 32.6 Å². The number of piperidine rings is 1. The second kappa shape index (κ2) is 4.30. The summed E-state index contributed by atoms with van der Waals surface area (Å²) < 4.78 is 4.99. The summed E-state index contributed by atoms with van der Waals surface area (Å²) in [5, 5.41) is 0. The van der Waals surface area contributed by atoms with Gasteiger partial charge in [-0.25, -0.2) is 0 Å². The molecule has 0 aromatic carbocycles. The van der Waals surface area contributed by atoms with Crippen LogP contribution in [-0.4, -0.2) is 36.1 Å². The number of nitrogens with zero attached hydrogens (tertiary/aromatic N) is 1. The highest BCUT2D eigenvalue weighted by atomic mass is 16.5. The average molecular weight is 197 g/mol. The molecule has 14 heavy (non-hydrogen) atoms. The molecule has 2 bridgehead atoms. The smallest absolute Gasteiger partial charge is 0.320 e. The van der Waals surface area contributed by atoms with Crippen molar-refractivity contribution < 1.29 is 9.53 Å². The van der Waals surface area contributed by atoms with Crippen LogP contribution in [0.1, 0.15) is 39.0 Å². The van der Waals surface area contributed by atoms with Gasteiger partial charge in [-0.15, -0.1) is 0 Å². The third-order valence-electron chi connectivity index (χ3n) is 3.46. The highest BCUT2D eigenvalue weighted by molar-refractivity contribution is 5.71. The van der Waals surface area contributed by atoms with Gasteiger partial charge in [0, 0.05) is 12.1 Å². The number of fused-ring (bicyclic) bond motifs is 2. The van der Waals surface area contributed by atoms with Crippen molar-refractivity contribution in [3.8, 4) is 0 Å². The molecule has 0 N–H and O–H groups in total. The Morgan fingerprint density at radius 2 is 1.93 bits per heavy atom. The third-order valence-corrected chi connectivity index (χ3v) is 3.46. The van der Waals surface area contributed by atoms with Gasteiger partial charge in [0.1, 0.15) is 0 Å². The van der Waals surface area contributed by atoms with Crippen molar-refractivity contribution in [2.75, 3.05) is 13.2 Å². The quantitative estimate of drug-likeness (QED) is 0.643. The molecule has 0 aromatic heterocycles. The molecule has 2 fully saturated rings. The lowest BCUT2D eigenvalue weighted by Crippen LogP contribution is -2.43. The third kappa shape index (κ3) is 1.92. The van der Waals surface area contributed by atoms with E-state index in [1.165, 1.54) is 32.1 Å². The maximum absolute atomic E-state index is 11.4. The molecule has 0 spiro atoms. The van der Waals surface area contributed by atoms with Gasteiger partial charge in [0.25, 0.3) is 0 Å². The van der Waals surface area contributed by atoms with Gasteiger partial charge in [-0.1, -0.05) is 6.42 Å². The second-order valence-corrected chi connectivity index (χ2v) is 4.29. The summed E-state index contributed by atoms with van der Waals surface area (Å²) in [6.45, 7) is 2.88.